The average molecular weight is 372 g/mol. The molecule has 27 heavy (non-hydrogen) atoms. The van der Waals surface area contributed by atoms with Gasteiger partial charge in [0.25, 0.3) is 0 Å². The molecule has 0 amide bonds. The molecule has 6 nitrogen and oxygen atoms in total. The van der Waals surface area contributed by atoms with Crippen LogP contribution in [0.5, 0.6) is 0 Å². The third-order valence-corrected chi connectivity index (χ3v) is 3.76. The maximum Gasteiger partial charge on any atom is 0.360 e. The number of hydrogen-bond donors (Lipinski definition) is 0. The van der Waals surface area contributed by atoms with Crippen molar-refractivity contribution in [2.24, 2.45) is 10.3 Å². The minimum Gasteiger partial charge on any atom is -0.464 e. The summed E-state index contributed by atoms with van der Waals surface area (Å²) in [6.07, 6.45) is 0. The second-order valence-corrected chi connectivity index (χ2v) is 5.71. The number of oxime groups is 2. The highest BCUT2D eigenvalue weighted by Crippen LogP contribution is 2.18. The van der Waals surface area contributed by atoms with Crippen molar-refractivity contribution < 1.29 is 23.6 Å². The van der Waals surface area contributed by atoms with Crippen LogP contribution in [0.15, 0.2) is 52.8 Å². The maximum atomic E-state index is 14.4. The van der Waals surface area contributed by atoms with Crippen LogP contribution in [0.2, 0.25) is 0 Å². The summed E-state index contributed by atoms with van der Waals surface area (Å²) in [5.41, 5.74) is 2.76. The maximum absolute atomic E-state index is 14.4. The lowest BCUT2D eigenvalue weighted by Gasteiger charge is -2.11. The van der Waals surface area contributed by atoms with E-state index in [1.165, 1.54) is 26.4 Å². The van der Waals surface area contributed by atoms with Gasteiger partial charge in [-0.25, -0.2) is 9.18 Å². The Hall–Kier alpha value is -3.22. The lowest BCUT2D eigenvalue weighted by Crippen LogP contribution is -2.21. The molecule has 0 bridgehead atoms. The molecule has 7 heteroatoms. The molecule has 0 aliphatic carbocycles. The summed E-state index contributed by atoms with van der Waals surface area (Å²) in [4.78, 5) is 22.0. The molecule has 0 saturated carbocycles. The van der Waals surface area contributed by atoms with E-state index in [-0.39, 0.29) is 17.9 Å². The molecule has 0 N–H and O–H groups in total. The van der Waals surface area contributed by atoms with Crippen LogP contribution < -0.4 is 0 Å². The predicted octanol–water partition coefficient (Wildman–Crippen LogP) is 3.60. The highest BCUT2D eigenvalue weighted by molar-refractivity contribution is 6.43. The summed E-state index contributed by atoms with van der Waals surface area (Å²) in [5.74, 6) is -1.46. The lowest BCUT2D eigenvalue weighted by atomic mass is 10.0. The van der Waals surface area contributed by atoms with Gasteiger partial charge in [0.1, 0.15) is 19.5 Å². The number of ether oxygens (including phenoxy) is 1. The predicted molar refractivity (Wildman–Crippen MR) is 100 cm³/mol. The number of nitrogens with zero attached hydrogens (tertiary/aromatic N) is 2. The van der Waals surface area contributed by atoms with Crippen LogP contribution in [0.4, 0.5) is 4.39 Å². The van der Waals surface area contributed by atoms with E-state index < -0.39 is 11.8 Å². The molecule has 142 valence electrons. The molecule has 0 saturated heterocycles. The Labute approximate surface area is 157 Å². The first-order chi connectivity index (χ1) is 13.0. The molecule has 0 aliphatic rings. The van der Waals surface area contributed by atoms with Crippen molar-refractivity contribution in [2.75, 3.05) is 14.2 Å². The van der Waals surface area contributed by atoms with E-state index in [0.29, 0.717) is 11.3 Å². The van der Waals surface area contributed by atoms with E-state index in [0.717, 1.165) is 11.1 Å². The third kappa shape index (κ3) is 5.13. The van der Waals surface area contributed by atoms with Crippen LogP contribution in [0.25, 0.3) is 0 Å². The van der Waals surface area contributed by atoms with Crippen molar-refractivity contribution in [1.29, 1.82) is 0 Å². The highest BCUT2D eigenvalue weighted by Gasteiger charge is 2.23. The molecule has 0 heterocycles. The zero-order valence-electron chi connectivity index (χ0n) is 15.7. The molecule has 0 fully saturated rings. The van der Waals surface area contributed by atoms with Crippen LogP contribution in [0, 0.1) is 12.7 Å². The summed E-state index contributed by atoms with van der Waals surface area (Å²) >= 11 is 0. The summed E-state index contributed by atoms with van der Waals surface area (Å²) in [6, 6.07) is 12.2. The van der Waals surface area contributed by atoms with E-state index in [4.69, 9.17) is 4.84 Å². The van der Waals surface area contributed by atoms with Crippen LogP contribution in [-0.2, 0) is 25.8 Å². The molecule has 0 unspecified atom stereocenters. The second-order valence-electron chi connectivity index (χ2n) is 5.71. The number of aryl methyl sites for hydroxylation is 1. The molecular weight excluding hydrogens is 351 g/mol. The van der Waals surface area contributed by atoms with E-state index in [2.05, 4.69) is 19.9 Å². The number of carbonyl (C=O) groups is 1. The Morgan fingerprint density at radius 3 is 2.52 bits per heavy atom. The van der Waals surface area contributed by atoms with Crippen molar-refractivity contribution in [3.63, 3.8) is 0 Å². The minimum absolute atomic E-state index is 0.0467. The van der Waals surface area contributed by atoms with Crippen LogP contribution in [0.1, 0.15) is 29.2 Å². The normalized spacial score (nSPS) is 11.9. The zero-order valence-corrected chi connectivity index (χ0v) is 15.7. The van der Waals surface area contributed by atoms with Crippen molar-refractivity contribution >= 4 is 17.4 Å². The molecular formula is C20H21FN2O4. The van der Waals surface area contributed by atoms with Gasteiger partial charge >= 0.3 is 5.97 Å². The largest absolute Gasteiger partial charge is 0.464 e. The summed E-state index contributed by atoms with van der Waals surface area (Å²) in [7, 11) is 2.44. The van der Waals surface area contributed by atoms with Gasteiger partial charge < -0.3 is 14.4 Å². The van der Waals surface area contributed by atoms with Crippen molar-refractivity contribution in [2.45, 2.75) is 20.5 Å². The number of esters is 1. The van der Waals surface area contributed by atoms with Crippen LogP contribution in [-0.4, -0.2) is 31.6 Å². The Morgan fingerprint density at radius 1 is 1.11 bits per heavy atom. The zero-order chi connectivity index (χ0) is 19.8. The van der Waals surface area contributed by atoms with Gasteiger partial charge in [-0.05, 0) is 25.5 Å². The minimum atomic E-state index is -0.817. The number of hydrogen-bond acceptors (Lipinski definition) is 6. The first-order valence-corrected chi connectivity index (χ1v) is 8.18. The molecule has 2 aromatic rings. The summed E-state index contributed by atoms with van der Waals surface area (Å²) < 4.78 is 19.0. The smallest absolute Gasteiger partial charge is 0.360 e. The summed E-state index contributed by atoms with van der Waals surface area (Å²) in [6.45, 7) is 3.74. The van der Waals surface area contributed by atoms with E-state index >= 15 is 0 Å². The number of benzene rings is 2. The number of methoxy groups -OCH3 is 1. The van der Waals surface area contributed by atoms with Gasteiger partial charge in [0.15, 0.2) is 5.71 Å². The number of carbonyl (C=O) groups excluding carboxylic acids is 1. The Morgan fingerprint density at radius 2 is 1.85 bits per heavy atom. The van der Waals surface area contributed by atoms with E-state index in [1.54, 1.807) is 6.07 Å². The van der Waals surface area contributed by atoms with Gasteiger partial charge in [0.05, 0.1) is 18.4 Å². The number of halogens is 1. The van der Waals surface area contributed by atoms with Gasteiger partial charge in [-0.15, -0.1) is 0 Å². The van der Waals surface area contributed by atoms with Crippen molar-refractivity contribution in [3.8, 4) is 0 Å². The van der Waals surface area contributed by atoms with Crippen molar-refractivity contribution in [1.82, 2.24) is 0 Å². The first kappa shape index (κ1) is 20.1. The Balaban J connectivity index is 2.27. The highest BCUT2D eigenvalue weighted by atomic mass is 19.1. The molecule has 0 aromatic heterocycles. The fourth-order valence-electron chi connectivity index (χ4n) is 2.45. The fraction of sp³-hybridized carbons (Fsp3) is 0.250. The second kappa shape index (κ2) is 9.47. The van der Waals surface area contributed by atoms with E-state index in [9.17, 15) is 9.18 Å². The Bertz CT molecular complexity index is 878. The molecule has 0 atom stereocenters. The third-order valence-electron chi connectivity index (χ3n) is 3.76. The van der Waals surface area contributed by atoms with Gasteiger partial charge in [0, 0.05) is 5.56 Å². The lowest BCUT2D eigenvalue weighted by molar-refractivity contribution is -0.132. The van der Waals surface area contributed by atoms with E-state index in [1.807, 2.05) is 38.1 Å². The topological polar surface area (TPSA) is 69.5 Å². The SMILES string of the molecule is CO/N=C(/C(=O)OC)c1c(F)cccc1CO/N=C(\C)c1cccc(C)c1. The van der Waals surface area contributed by atoms with Gasteiger partial charge in [0.2, 0.25) is 0 Å². The van der Waals surface area contributed by atoms with Gasteiger partial charge in [-0.1, -0.05) is 52.3 Å². The average Bonchev–Trinajstić information content (AvgIpc) is 2.66. The molecule has 0 radical (unpaired) electrons. The fourth-order valence-corrected chi connectivity index (χ4v) is 2.45. The van der Waals surface area contributed by atoms with Gasteiger partial charge in [-0.2, -0.15) is 0 Å². The van der Waals surface area contributed by atoms with Crippen LogP contribution >= 0.6 is 0 Å². The van der Waals surface area contributed by atoms with Crippen LogP contribution in [0.3, 0.4) is 0 Å². The standard InChI is InChI=1S/C20H21FN2O4/c1-13-7-5-8-15(11-13)14(2)22-27-12-16-9-6-10-17(21)18(16)19(23-26-4)20(24)25-3/h5-11H,12H2,1-4H3/b22-14+,23-19+. The first-order valence-electron chi connectivity index (χ1n) is 8.18. The molecule has 0 spiro atoms. The van der Waals surface area contributed by atoms with Gasteiger partial charge in [-0.3, -0.25) is 0 Å². The monoisotopic (exact) mass is 372 g/mol. The summed E-state index contributed by atoms with van der Waals surface area (Å²) in [5, 5.41) is 7.68. The number of rotatable bonds is 7. The molecule has 2 aromatic carbocycles. The molecule has 2 rings (SSSR count). The Kier molecular flexibility index (Phi) is 7.05. The van der Waals surface area contributed by atoms with Crippen molar-refractivity contribution in [3.05, 3.63) is 70.5 Å². The quantitative estimate of drug-likeness (QED) is 0.423. The molecule has 0 aliphatic heterocycles.